The number of nitrogens with zero attached hydrogens (tertiary/aromatic N) is 3. The van der Waals surface area contributed by atoms with E-state index in [0.29, 0.717) is 23.8 Å². The van der Waals surface area contributed by atoms with Crippen molar-refractivity contribution >= 4 is 17.5 Å². The van der Waals surface area contributed by atoms with Gasteiger partial charge in [-0.3, -0.25) is 0 Å². The Hall–Kier alpha value is -2.15. The fourth-order valence-corrected chi connectivity index (χ4v) is 2.70. The van der Waals surface area contributed by atoms with Crippen LogP contribution in [0.4, 0.5) is 5.82 Å². The summed E-state index contributed by atoms with van der Waals surface area (Å²) in [4.78, 5) is 22.6. The largest absolute Gasteiger partial charge is 0.506 e. The topological polar surface area (TPSA) is 95.8 Å². The molecule has 0 unspecified atom stereocenters. The standard InChI is InChI=1S/C17H25N3O4/c1-3-24-17(23)14-11-20(8-6-4-5-7-9-21)16-13(15(14)22)10-18-12(2)19-16/h10,21-22H,3-9,11H2,1-2H3. The molecule has 0 fully saturated rings. The fraction of sp³-hybridized carbons (Fsp3) is 0.588. The Morgan fingerprint density at radius 1 is 1.33 bits per heavy atom. The Labute approximate surface area is 142 Å². The number of carbonyl (C=O) groups is 1. The zero-order valence-electron chi connectivity index (χ0n) is 14.3. The van der Waals surface area contributed by atoms with Crippen LogP contribution in [0.3, 0.4) is 0 Å². The second-order valence-electron chi connectivity index (χ2n) is 5.76. The molecule has 24 heavy (non-hydrogen) atoms. The molecule has 2 rings (SSSR count). The number of unbranched alkanes of at least 4 members (excludes halogenated alkanes) is 3. The lowest BCUT2D eigenvalue weighted by Gasteiger charge is -2.30. The molecule has 0 amide bonds. The van der Waals surface area contributed by atoms with Gasteiger partial charge in [-0.1, -0.05) is 12.8 Å². The van der Waals surface area contributed by atoms with E-state index < -0.39 is 5.97 Å². The van der Waals surface area contributed by atoms with Crippen molar-refractivity contribution < 1.29 is 19.7 Å². The minimum Gasteiger partial charge on any atom is -0.506 e. The molecule has 1 aliphatic rings. The molecule has 2 heterocycles. The van der Waals surface area contributed by atoms with Gasteiger partial charge in [-0.25, -0.2) is 14.8 Å². The van der Waals surface area contributed by atoms with Gasteiger partial charge < -0.3 is 19.8 Å². The normalized spacial score (nSPS) is 13.9. The van der Waals surface area contributed by atoms with E-state index in [2.05, 4.69) is 9.97 Å². The van der Waals surface area contributed by atoms with Crippen LogP contribution in [-0.2, 0) is 9.53 Å². The molecule has 0 aromatic carbocycles. The number of esters is 1. The molecule has 132 valence electrons. The summed E-state index contributed by atoms with van der Waals surface area (Å²) in [5.74, 6) is 0.660. The van der Waals surface area contributed by atoms with Crippen LogP contribution in [-0.4, -0.2) is 52.5 Å². The van der Waals surface area contributed by atoms with Gasteiger partial charge in [0.05, 0.1) is 24.3 Å². The summed E-state index contributed by atoms with van der Waals surface area (Å²) < 4.78 is 5.04. The third-order valence-corrected chi connectivity index (χ3v) is 3.94. The van der Waals surface area contributed by atoms with Crippen molar-refractivity contribution in [3.63, 3.8) is 0 Å². The maximum atomic E-state index is 12.1. The highest BCUT2D eigenvalue weighted by atomic mass is 16.5. The number of ether oxygens (including phenoxy) is 1. The zero-order chi connectivity index (χ0) is 17.5. The molecule has 0 spiro atoms. The van der Waals surface area contributed by atoms with Crippen LogP contribution in [0.15, 0.2) is 11.8 Å². The number of rotatable bonds is 8. The lowest BCUT2D eigenvalue weighted by atomic mass is 10.0. The molecule has 2 N–H and O–H groups in total. The van der Waals surface area contributed by atoms with Gasteiger partial charge in [0.25, 0.3) is 0 Å². The third kappa shape index (κ3) is 4.23. The molecule has 1 aliphatic heterocycles. The summed E-state index contributed by atoms with van der Waals surface area (Å²) >= 11 is 0. The highest BCUT2D eigenvalue weighted by Gasteiger charge is 2.30. The number of anilines is 1. The predicted octanol–water partition coefficient (Wildman–Crippen LogP) is 1.99. The smallest absolute Gasteiger partial charge is 0.339 e. The van der Waals surface area contributed by atoms with Crippen LogP contribution < -0.4 is 4.90 Å². The first-order valence-corrected chi connectivity index (χ1v) is 8.37. The zero-order valence-corrected chi connectivity index (χ0v) is 14.3. The van der Waals surface area contributed by atoms with Gasteiger partial charge >= 0.3 is 5.97 Å². The molecule has 7 heteroatoms. The molecule has 0 radical (unpaired) electrons. The molecular weight excluding hydrogens is 310 g/mol. The van der Waals surface area contributed by atoms with Crippen molar-refractivity contribution in [2.24, 2.45) is 0 Å². The molecule has 0 atom stereocenters. The SMILES string of the molecule is CCOC(=O)C1=C(O)c2cnc(C)nc2N(CCCCCCO)C1. The number of fused-ring (bicyclic) bond motifs is 1. The van der Waals surface area contributed by atoms with Crippen LogP contribution >= 0.6 is 0 Å². The van der Waals surface area contributed by atoms with E-state index >= 15 is 0 Å². The highest BCUT2D eigenvalue weighted by molar-refractivity contribution is 5.99. The monoisotopic (exact) mass is 335 g/mol. The van der Waals surface area contributed by atoms with Crippen molar-refractivity contribution in [3.8, 4) is 0 Å². The average Bonchev–Trinajstić information content (AvgIpc) is 2.56. The molecule has 0 saturated heterocycles. The quantitative estimate of drug-likeness (QED) is 0.554. The Bertz CT molecular complexity index is 616. The van der Waals surface area contributed by atoms with Crippen LogP contribution in [0.1, 0.15) is 44.0 Å². The second kappa shape index (κ2) is 8.63. The minimum atomic E-state index is -0.508. The first-order valence-electron chi connectivity index (χ1n) is 8.37. The minimum absolute atomic E-state index is 0.0972. The number of aromatic nitrogens is 2. The van der Waals surface area contributed by atoms with Crippen LogP contribution in [0.2, 0.25) is 0 Å². The van der Waals surface area contributed by atoms with Crippen molar-refractivity contribution in [3.05, 3.63) is 23.2 Å². The first kappa shape index (κ1) is 18.2. The molecule has 0 aliphatic carbocycles. The summed E-state index contributed by atoms with van der Waals surface area (Å²) in [7, 11) is 0. The number of hydrogen-bond acceptors (Lipinski definition) is 7. The maximum Gasteiger partial charge on any atom is 0.339 e. The van der Waals surface area contributed by atoms with E-state index in [-0.39, 0.29) is 31.1 Å². The van der Waals surface area contributed by atoms with Gasteiger partial charge in [0.15, 0.2) is 0 Å². The van der Waals surface area contributed by atoms with Crippen molar-refractivity contribution in [1.82, 2.24) is 9.97 Å². The lowest BCUT2D eigenvalue weighted by molar-refractivity contribution is -0.138. The number of hydrogen-bond donors (Lipinski definition) is 2. The predicted molar refractivity (Wildman–Crippen MR) is 90.7 cm³/mol. The first-order chi connectivity index (χ1) is 11.6. The van der Waals surface area contributed by atoms with E-state index in [4.69, 9.17) is 9.84 Å². The summed E-state index contributed by atoms with van der Waals surface area (Å²) in [6, 6.07) is 0. The van der Waals surface area contributed by atoms with Gasteiger partial charge in [-0.05, 0) is 26.7 Å². The Kier molecular flexibility index (Phi) is 6.54. The number of carbonyl (C=O) groups excluding carboxylic acids is 1. The Balaban J connectivity index is 2.20. The second-order valence-corrected chi connectivity index (χ2v) is 5.76. The molecule has 0 saturated carbocycles. The number of aliphatic hydroxyl groups is 2. The summed E-state index contributed by atoms with van der Waals surface area (Å²) in [5.41, 5.74) is 0.706. The molecule has 7 nitrogen and oxygen atoms in total. The van der Waals surface area contributed by atoms with Crippen LogP contribution in [0.5, 0.6) is 0 Å². The molecule has 1 aromatic rings. The van der Waals surface area contributed by atoms with Crippen molar-refractivity contribution in [2.45, 2.75) is 39.5 Å². The Morgan fingerprint density at radius 2 is 2.08 bits per heavy atom. The molecule has 1 aromatic heterocycles. The van der Waals surface area contributed by atoms with E-state index in [1.54, 1.807) is 20.0 Å². The highest BCUT2D eigenvalue weighted by Crippen LogP contribution is 2.32. The third-order valence-electron chi connectivity index (χ3n) is 3.94. The summed E-state index contributed by atoms with van der Waals surface area (Å²) in [6.07, 6.45) is 5.21. The van der Waals surface area contributed by atoms with Gasteiger partial charge in [0, 0.05) is 19.3 Å². The molecular formula is C17H25N3O4. The average molecular weight is 335 g/mol. The van der Waals surface area contributed by atoms with Crippen molar-refractivity contribution in [2.75, 3.05) is 31.2 Å². The van der Waals surface area contributed by atoms with E-state index in [9.17, 15) is 9.90 Å². The molecule has 0 bridgehead atoms. The van der Waals surface area contributed by atoms with Gasteiger partial charge in [0.2, 0.25) is 0 Å². The van der Waals surface area contributed by atoms with Gasteiger partial charge in [-0.15, -0.1) is 0 Å². The maximum absolute atomic E-state index is 12.1. The number of aryl methyl sites for hydroxylation is 1. The summed E-state index contributed by atoms with van der Waals surface area (Å²) in [6.45, 7) is 4.98. The number of aliphatic hydroxyl groups excluding tert-OH is 2. The van der Waals surface area contributed by atoms with E-state index in [1.807, 2.05) is 4.90 Å². The van der Waals surface area contributed by atoms with Crippen molar-refractivity contribution in [1.29, 1.82) is 0 Å². The van der Waals surface area contributed by atoms with Gasteiger partial charge in [-0.2, -0.15) is 0 Å². The van der Waals surface area contributed by atoms with E-state index in [1.165, 1.54) is 0 Å². The fourth-order valence-electron chi connectivity index (χ4n) is 2.70. The van der Waals surface area contributed by atoms with Crippen LogP contribution in [0.25, 0.3) is 5.76 Å². The lowest BCUT2D eigenvalue weighted by Crippen LogP contribution is -2.35. The van der Waals surface area contributed by atoms with E-state index in [0.717, 1.165) is 25.7 Å². The Morgan fingerprint density at radius 3 is 2.79 bits per heavy atom. The van der Waals surface area contributed by atoms with Crippen LogP contribution in [0, 0.1) is 6.92 Å². The van der Waals surface area contributed by atoms with Gasteiger partial charge in [0.1, 0.15) is 17.4 Å². The summed E-state index contributed by atoms with van der Waals surface area (Å²) in [5, 5.41) is 19.3.